The molecule has 2 amide bonds. The molecule has 43 heavy (non-hydrogen) atoms. The number of fused-ring (bicyclic) bond motifs is 3. The van der Waals surface area contributed by atoms with Crippen molar-refractivity contribution in [3.8, 4) is 0 Å². The van der Waals surface area contributed by atoms with Crippen LogP contribution in [0, 0.1) is 5.82 Å². The average Bonchev–Trinajstić information content (AvgIpc) is 3.31. The van der Waals surface area contributed by atoms with Gasteiger partial charge in [-0.15, -0.1) is 0 Å². The molecule has 4 heterocycles. The average molecular weight is 626 g/mol. The first kappa shape index (κ1) is 29.5. The van der Waals surface area contributed by atoms with Crippen molar-refractivity contribution in [1.82, 2.24) is 20.5 Å². The molecule has 3 aliphatic heterocycles. The Kier molecular flexibility index (Phi) is 7.91. The first-order valence-corrected chi connectivity index (χ1v) is 16.5. The van der Waals surface area contributed by atoms with E-state index < -0.39 is 33.3 Å². The number of likely N-dealkylation sites (tertiary alicyclic amines) is 1. The molecular formula is C31H33ClFN5O4S. The maximum Gasteiger partial charge on any atom is 0.245 e. The summed E-state index contributed by atoms with van der Waals surface area (Å²) in [6, 6.07) is 12.0. The summed E-state index contributed by atoms with van der Waals surface area (Å²) in [4.78, 5) is 33.4. The van der Waals surface area contributed by atoms with Crippen molar-refractivity contribution < 1.29 is 22.4 Å². The zero-order chi connectivity index (χ0) is 30.4. The van der Waals surface area contributed by atoms with Crippen LogP contribution < -0.4 is 14.9 Å². The minimum absolute atomic E-state index is 0.210. The molecule has 0 saturated carbocycles. The van der Waals surface area contributed by atoms with Crippen LogP contribution in [0.5, 0.6) is 0 Å². The van der Waals surface area contributed by atoms with Crippen LogP contribution in [0.1, 0.15) is 35.1 Å². The van der Waals surface area contributed by atoms with Gasteiger partial charge < -0.3 is 15.5 Å². The fourth-order valence-electron chi connectivity index (χ4n) is 6.55. The standard InChI is InChI=1S/C31H33ClFN5O4S/c1-43(41,42)38-19-31(25-16-24(33)6-7-28(25)38)9-12-37(13-10-31)30(40)27(14-20-2-4-23(32)5-3-20)36-29(39)26-15-22-17-34-11-8-21(22)18-35-26/h2-8,11,16-17,26-27,35H,9-10,12-15,18-19H2,1H3,(H,36,39)/t26-,27-/m0/s1. The van der Waals surface area contributed by atoms with E-state index in [2.05, 4.69) is 15.6 Å². The molecule has 226 valence electrons. The molecule has 3 aliphatic rings. The highest BCUT2D eigenvalue weighted by molar-refractivity contribution is 7.92. The monoisotopic (exact) mass is 625 g/mol. The number of nitrogens with one attached hydrogen (secondary N) is 2. The lowest BCUT2D eigenvalue weighted by Crippen LogP contribution is -2.57. The number of hydrogen-bond acceptors (Lipinski definition) is 6. The topological polar surface area (TPSA) is 112 Å². The van der Waals surface area contributed by atoms with Crippen molar-refractivity contribution in [3.05, 3.63) is 94.0 Å². The van der Waals surface area contributed by atoms with E-state index in [1.165, 1.54) is 22.5 Å². The minimum atomic E-state index is -3.56. The van der Waals surface area contributed by atoms with Gasteiger partial charge in [-0.1, -0.05) is 23.7 Å². The lowest BCUT2D eigenvalue weighted by Gasteiger charge is -2.41. The summed E-state index contributed by atoms with van der Waals surface area (Å²) >= 11 is 6.08. The van der Waals surface area contributed by atoms with Crippen molar-refractivity contribution in [2.45, 2.75) is 49.7 Å². The quantitative estimate of drug-likeness (QED) is 0.436. The Balaban J connectivity index is 1.20. The van der Waals surface area contributed by atoms with Gasteiger partial charge in [0.05, 0.1) is 18.0 Å². The maximum atomic E-state index is 14.3. The summed E-state index contributed by atoms with van der Waals surface area (Å²) in [5.74, 6) is -0.903. The predicted octanol–water partition coefficient (Wildman–Crippen LogP) is 2.96. The molecule has 6 rings (SSSR count). The molecule has 0 bridgehead atoms. The predicted molar refractivity (Wildman–Crippen MR) is 162 cm³/mol. The lowest BCUT2D eigenvalue weighted by atomic mass is 9.74. The molecular weight excluding hydrogens is 593 g/mol. The van der Waals surface area contributed by atoms with E-state index in [1.54, 1.807) is 29.4 Å². The third-order valence-corrected chi connectivity index (χ3v) is 10.3. The molecule has 1 saturated heterocycles. The summed E-state index contributed by atoms with van der Waals surface area (Å²) in [7, 11) is -3.56. The van der Waals surface area contributed by atoms with Crippen LogP contribution in [-0.4, -0.2) is 68.1 Å². The van der Waals surface area contributed by atoms with E-state index in [1.807, 2.05) is 18.2 Å². The van der Waals surface area contributed by atoms with Gasteiger partial charge in [-0.25, -0.2) is 12.8 Å². The number of halogens is 2. The third-order valence-electron chi connectivity index (χ3n) is 8.93. The highest BCUT2D eigenvalue weighted by Crippen LogP contribution is 2.48. The number of carbonyl (C=O) groups is 2. The second-order valence-corrected chi connectivity index (χ2v) is 14.1. The number of piperidine rings is 1. The summed E-state index contributed by atoms with van der Waals surface area (Å²) in [6.45, 7) is 1.44. The SMILES string of the molecule is CS(=O)(=O)N1CC2(CCN(C(=O)[C@H](Cc3ccc(Cl)cc3)NC(=O)[C@@H]3Cc4cnccc4CN3)CC2)c2cc(F)ccc21. The Bertz CT molecular complexity index is 1660. The van der Waals surface area contributed by atoms with E-state index in [9.17, 15) is 22.4 Å². The van der Waals surface area contributed by atoms with E-state index in [0.717, 1.165) is 22.9 Å². The van der Waals surface area contributed by atoms with Gasteiger partial charge in [0.2, 0.25) is 21.8 Å². The number of carbonyl (C=O) groups excluding carboxylic acids is 2. The van der Waals surface area contributed by atoms with Crippen LogP contribution in [0.15, 0.2) is 60.9 Å². The number of rotatable bonds is 6. The summed E-state index contributed by atoms with van der Waals surface area (Å²) < 4.78 is 40.8. The van der Waals surface area contributed by atoms with Crippen molar-refractivity contribution in [2.75, 3.05) is 30.2 Å². The van der Waals surface area contributed by atoms with Crippen LogP contribution >= 0.6 is 11.6 Å². The number of amides is 2. The van der Waals surface area contributed by atoms with Crippen LogP contribution in [-0.2, 0) is 44.4 Å². The highest BCUT2D eigenvalue weighted by Gasteiger charge is 2.48. The van der Waals surface area contributed by atoms with E-state index in [4.69, 9.17) is 11.6 Å². The summed E-state index contributed by atoms with van der Waals surface area (Å²) in [5.41, 5.74) is 3.51. The lowest BCUT2D eigenvalue weighted by molar-refractivity contribution is -0.138. The van der Waals surface area contributed by atoms with E-state index in [0.29, 0.717) is 55.2 Å². The normalized spacial score (nSPS) is 19.9. The number of benzene rings is 2. The van der Waals surface area contributed by atoms with Gasteiger partial charge in [0.1, 0.15) is 11.9 Å². The molecule has 2 atom stereocenters. The smallest absolute Gasteiger partial charge is 0.245 e. The Labute approximate surface area is 255 Å². The van der Waals surface area contributed by atoms with Crippen molar-refractivity contribution in [2.24, 2.45) is 0 Å². The Morgan fingerprint density at radius 3 is 2.60 bits per heavy atom. The fourth-order valence-corrected chi connectivity index (χ4v) is 7.67. The summed E-state index contributed by atoms with van der Waals surface area (Å²) in [6.07, 6.45) is 6.34. The number of aromatic nitrogens is 1. The second-order valence-electron chi connectivity index (χ2n) is 11.7. The van der Waals surface area contributed by atoms with Crippen LogP contribution in [0.25, 0.3) is 0 Å². The zero-order valence-electron chi connectivity index (χ0n) is 23.7. The Morgan fingerprint density at radius 1 is 1.14 bits per heavy atom. The van der Waals surface area contributed by atoms with Crippen LogP contribution in [0.3, 0.4) is 0 Å². The Hall–Kier alpha value is -3.54. The van der Waals surface area contributed by atoms with Gasteiger partial charge in [0, 0.05) is 55.4 Å². The molecule has 1 spiro atoms. The summed E-state index contributed by atoms with van der Waals surface area (Å²) in [5, 5.41) is 6.85. The number of anilines is 1. The number of pyridine rings is 1. The molecule has 2 aromatic carbocycles. The zero-order valence-corrected chi connectivity index (χ0v) is 25.3. The molecule has 2 N–H and O–H groups in total. The highest BCUT2D eigenvalue weighted by atomic mass is 35.5. The van der Waals surface area contributed by atoms with Gasteiger partial charge >= 0.3 is 0 Å². The number of nitrogens with zero attached hydrogens (tertiary/aromatic N) is 3. The molecule has 0 radical (unpaired) electrons. The first-order chi connectivity index (χ1) is 20.5. The second kappa shape index (κ2) is 11.5. The first-order valence-electron chi connectivity index (χ1n) is 14.3. The van der Waals surface area contributed by atoms with Crippen molar-refractivity contribution >= 4 is 39.1 Å². The van der Waals surface area contributed by atoms with Crippen LogP contribution in [0.4, 0.5) is 10.1 Å². The van der Waals surface area contributed by atoms with Gasteiger partial charge in [-0.05, 0) is 77.9 Å². The Morgan fingerprint density at radius 2 is 1.88 bits per heavy atom. The molecule has 3 aromatic rings. The largest absolute Gasteiger partial charge is 0.343 e. The van der Waals surface area contributed by atoms with Crippen LogP contribution in [0.2, 0.25) is 5.02 Å². The van der Waals surface area contributed by atoms with Crippen molar-refractivity contribution in [1.29, 1.82) is 0 Å². The van der Waals surface area contributed by atoms with Gasteiger partial charge in [0.15, 0.2) is 0 Å². The fraction of sp³-hybridized carbons (Fsp3) is 0.387. The molecule has 12 heteroatoms. The number of hydrogen-bond donors (Lipinski definition) is 2. The van der Waals surface area contributed by atoms with Gasteiger partial charge in [-0.2, -0.15) is 0 Å². The molecule has 0 aliphatic carbocycles. The van der Waals surface area contributed by atoms with Gasteiger partial charge in [0.25, 0.3) is 0 Å². The molecule has 1 fully saturated rings. The minimum Gasteiger partial charge on any atom is -0.343 e. The number of sulfonamides is 1. The third kappa shape index (κ3) is 5.98. The van der Waals surface area contributed by atoms with Crippen molar-refractivity contribution in [3.63, 3.8) is 0 Å². The van der Waals surface area contributed by atoms with E-state index in [-0.39, 0.29) is 24.8 Å². The molecule has 1 aromatic heterocycles. The van der Waals surface area contributed by atoms with Gasteiger partial charge in [-0.3, -0.25) is 18.9 Å². The molecule has 0 unspecified atom stereocenters. The van der Waals surface area contributed by atoms with E-state index >= 15 is 0 Å². The maximum absolute atomic E-state index is 14.3. The molecule has 9 nitrogen and oxygen atoms in total.